The third-order valence-electron chi connectivity index (χ3n) is 5.79. The van der Waals surface area contributed by atoms with Gasteiger partial charge in [0.25, 0.3) is 0 Å². The summed E-state index contributed by atoms with van der Waals surface area (Å²) < 4.78 is 32.8. The molecule has 3 rings (SSSR count). The molecule has 1 N–H and O–H groups in total. The lowest BCUT2D eigenvalue weighted by Gasteiger charge is -2.33. The normalized spacial score (nSPS) is 18.8. The van der Waals surface area contributed by atoms with Crippen LogP contribution in [0.2, 0.25) is 0 Å². The van der Waals surface area contributed by atoms with Crippen LogP contribution < -0.4 is 4.72 Å². The molecule has 0 bridgehead atoms. The Balaban J connectivity index is 1.80. The highest BCUT2D eigenvalue weighted by Crippen LogP contribution is 2.26. The van der Waals surface area contributed by atoms with E-state index in [1.54, 1.807) is 20.8 Å². The fraction of sp³-hybridized carbons (Fsp3) is 0.440. The third-order valence-corrected chi connectivity index (χ3v) is 8.01. The molecule has 0 radical (unpaired) electrons. The molecule has 0 aliphatic heterocycles. The van der Waals surface area contributed by atoms with Crippen molar-refractivity contribution < 1.29 is 22.7 Å². The highest BCUT2D eigenvalue weighted by Gasteiger charge is 2.43. The minimum absolute atomic E-state index is 0.0494. The molecule has 1 aliphatic rings. The van der Waals surface area contributed by atoms with Gasteiger partial charge in [0, 0.05) is 25.4 Å². The second-order valence-corrected chi connectivity index (χ2v) is 11.8. The summed E-state index contributed by atoms with van der Waals surface area (Å²) in [5.74, 6) is -0.0813. The lowest BCUT2D eigenvalue weighted by molar-refractivity contribution is -0.117. The first-order chi connectivity index (χ1) is 15.6. The van der Waals surface area contributed by atoms with Gasteiger partial charge >= 0.3 is 6.09 Å². The first kappa shape index (κ1) is 24.9. The van der Waals surface area contributed by atoms with E-state index in [9.17, 15) is 18.0 Å². The SMILES string of the molecule is CC(C)(C)S(=O)(=O)N[C@@H]1CC(=O)CC1N(CCc1ccccc1)C(=O)OCc1ccccc1. The number of ether oxygens (including phenoxy) is 1. The number of benzene rings is 2. The second-order valence-electron chi connectivity index (χ2n) is 9.32. The number of sulfonamides is 1. The molecule has 0 heterocycles. The van der Waals surface area contributed by atoms with Gasteiger partial charge in [-0.05, 0) is 38.3 Å². The molecule has 7 nitrogen and oxygen atoms in total. The van der Waals surface area contributed by atoms with Crippen molar-refractivity contribution in [3.63, 3.8) is 0 Å². The molecule has 2 aromatic carbocycles. The first-order valence-corrected chi connectivity index (χ1v) is 12.6. The van der Waals surface area contributed by atoms with Crippen LogP contribution in [0.1, 0.15) is 44.7 Å². The molecule has 2 aromatic rings. The van der Waals surface area contributed by atoms with Crippen LogP contribution in [-0.4, -0.2) is 48.6 Å². The van der Waals surface area contributed by atoms with Gasteiger partial charge in [-0.25, -0.2) is 17.9 Å². The maximum atomic E-state index is 13.2. The lowest BCUT2D eigenvalue weighted by atomic mass is 10.1. The Morgan fingerprint density at radius 2 is 1.58 bits per heavy atom. The minimum Gasteiger partial charge on any atom is -0.445 e. The fourth-order valence-corrected chi connectivity index (χ4v) is 4.75. The van der Waals surface area contributed by atoms with Crippen LogP contribution in [0.5, 0.6) is 0 Å². The number of ketones is 1. The number of carbonyl (C=O) groups excluding carboxylic acids is 2. The second kappa shape index (κ2) is 10.5. The van der Waals surface area contributed by atoms with E-state index in [-0.39, 0.29) is 25.2 Å². The molecule has 1 aliphatic carbocycles. The summed E-state index contributed by atoms with van der Waals surface area (Å²) in [6.07, 6.45) is 0.139. The highest BCUT2D eigenvalue weighted by atomic mass is 32.2. The van der Waals surface area contributed by atoms with Crippen molar-refractivity contribution in [2.75, 3.05) is 6.54 Å². The fourth-order valence-electron chi connectivity index (χ4n) is 3.75. The van der Waals surface area contributed by atoms with Gasteiger partial charge in [-0.2, -0.15) is 0 Å². The zero-order chi connectivity index (χ0) is 24.1. The zero-order valence-corrected chi connectivity index (χ0v) is 20.2. The predicted molar refractivity (Wildman–Crippen MR) is 127 cm³/mol. The topological polar surface area (TPSA) is 92.8 Å². The van der Waals surface area contributed by atoms with Crippen molar-refractivity contribution >= 4 is 21.9 Å². The van der Waals surface area contributed by atoms with Gasteiger partial charge in [-0.3, -0.25) is 4.79 Å². The van der Waals surface area contributed by atoms with Gasteiger partial charge < -0.3 is 9.64 Å². The molecule has 33 heavy (non-hydrogen) atoms. The monoisotopic (exact) mass is 472 g/mol. The van der Waals surface area contributed by atoms with E-state index in [4.69, 9.17) is 4.74 Å². The number of carbonyl (C=O) groups is 2. The summed E-state index contributed by atoms with van der Waals surface area (Å²) in [7, 11) is -3.70. The molecule has 1 unspecified atom stereocenters. The summed E-state index contributed by atoms with van der Waals surface area (Å²) in [6.45, 7) is 5.21. The number of nitrogens with zero attached hydrogens (tertiary/aromatic N) is 1. The molecule has 0 spiro atoms. The van der Waals surface area contributed by atoms with Gasteiger partial charge in [0.05, 0.1) is 10.8 Å². The Kier molecular flexibility index (Phi) is 7.92. The maximum Gasteiger partial charge on any atom is 0.410 e. The summed E-state index contributed by atoms with van der Waals surface area (Å²) >= 11 is 0. The summed E-state index contributed by atoms with van der Waals surface area (Å²) in [4.78, 5) is 27.0. The van der Waals surface area contributed by atoms with Crippen LogP contribution in [0, 0.1) is 0 Å². The number of nitrogens with one attached hydrogen (secondary N) is 1. The summed E-state index contributed by atoms with van der Waals surface area (Å²) in [5.41, 5.74) is 1.89. The maximum absolute atomic E-state index is 13.2. The van der Waals surface area contributed by atoms with Crippen LogP contribution in [0.15, 0.2) is 60.7 Å². The Morgan fingerprint density at radius 1 is 1.00 bits per heavy atom. The Bertz CT molecular complexity index is 1050. The smallest absolute Gasteiger partial charge is 0.410 e. The molecule has 0 saturated heterocycles. The highest BCUT2D eigenvalue weighted by molar-refractivity contribution is 7.90. The summed E-state index contributed by atoms with van der Waals surface area (Å²) in [5, 5.41) is 0. The molecule has 1 saturated carbocycles. The van der Waals surface area contributed by atoms with Crippen molar-refractivity contribution in [1.29, 1.82) is 0 Å². The van der Waals surface area contributed by atoms with E-state index in [1.165, 1.54) is 4.90 Å². The molecule has 8 heteroatoms. The van der Waals surface area contributed by atoms with Crippen LogP contribution in [0.3, 0.4) is 0 Å². The Labute approximate surface area is 196 Å². The van der Waals surface area contributed by atoms with E-state index in [0.29, 0.717) is 13.0 Å². The Morgan fingerprint density at radius 3 is 2.15 bits per heavy atom. The summed E-state index contributed by atoms with van der Waals surface area (Å²) in [6, 6.07) is 17.7. The standard InChI is InChI=1S/C25H32N2O5S/c1-25(2,3)33(30,31)26-22-16-21(28)17-23(22)27(15-14-19-10-6-4-7-11-19)24(29)32-18-20-12-8-5-9-13-20/h4-13,22-23,26H,14-18H2,1-3H3/t22-,23?/m1/s1. The van der Waals surface area contributed by atoms with Crippen LogP contribution in [-0.2, 0) is 32.6 Å². The van der Waals surface area contributed by atoms with Crippen molar-refractivity contribution in [2.45, 2.75) is 63.5 Å². The van der Waals surface area contributed by atoms with E-state index in [2.05, 4.69) is 4.72 Å². The molecular formula is C25H32N2O5S. The van der Waals surface area contributed by atoms with Crippen LogP contribution >= 0.6 is 0 Å². The number of hydrogen-bond donors (Lipinski definition) is 1. The van der Waals surface area contributed by atoms with E-state index >= 15 is 0 Å². The molecule has 2 atom stereocenters. The molecule has 1 amide bonds. The number of rotatable bonds is 8. The molecule has 0 aromatic heterocycles. The van der Waals surface area contributed by atoms with Gasteiger partial charge in [-0.1, -0.05) is 60.7 Å². The lowest BCUT2D eigenvalue weighted by Crippen LogP contribution is -2.54. The Hall–Kier alpha value is -2.71. The largest absolute Gasteiger partial charge is 0.445 e. The van der Waals surface area contributed by atoms with E-state index in [1.807, 2.05) is 60.7 Å². The average Bonchev–Trinajstić information content (AvgIpc) is 3.12. The van der Waals surface area contributed by atoms with Gasteiger partial charge in [-0.15, -0.1) is 0 Å². The van der Waals surface area contributed by atoms with Gasteiger partial charge in [0.15, 0.2) is 0 Å². The third kappa shape index (κ3) is 6.65. The number of Topliss-reactive ketones (excluding diaryl/α,β-unsaturated/α-hetero) is 1. The minimum atomic E-state index is -3.70. The quantitative estimate of drug-likeness (QED) is 0.633. The van der Waals surface area contributed by atoms with E-state index in [0.717, 1.165) is 11.1 Å². The van der Waals surface area contributed by atoms with Crippen molar-refractivity contribution in [3.8, 4) is 0 Å². The number of amides is 1. The van der Waals surface area contributed by atoms with Crippen molar-refractivity contribution in [3.05, 3.63) is 71.8 Å². The molecule has 178 valence electrons. The van der Waals surface area contributed by atoms with Gasteiger partial charge in [0.1, 0.15) is 12.4 Å². The van der Waals surface area contributed by atoms with Crippen molar-refractivity contribution in [2.24, 2.45) is 0 Å². The zero-order valence-electron chi connectivity index (χ0n) is 19.4. The van der Waals surface area contributed by atoms with E-state index < -0.39 is 32.9 Å². The average molecular weight is 473 g/mol. The molecular weight excluding hydrogens is 440 g/mol. The van der Waals surface area contributed by atoms with Crippen LogP contribution in [0.25, 0.3) is 0 Å². The van der Waals surface area contributed by atoms with Gasteiger partial charge in [0.2, 0.25) is 10.0 Å². The predicted octanol–water partition coefficient (Wildman–Crippen LogP) is 3.69. The molecule has 1 fully saturated rings. The van der Waals surface area contributed by atoms with Crippen molar-refractivity contribution in [1.82, 2.24) is 9.62 Å². The first-order valence-electron chi connectivity index (χ1n) is 11.1. The van der Waals surface area contributed by atoms with Crippen LogP contribution in [0.4, 0.5) is 4.79 Å². The number of hydrogen-bond acceptors (Lipinski definition) is 5.